The number of methoxy groups -OCH3 is 1. The first-order valence-electron chi connectivity index (χ1n) is 7.67. The molecule has 0 spiro atoms. The minimum absolute atomic E-state index is 0.0810. The number of rotatable bonds is 6. The van der Waals surface area contributed by atoms with Crippen molar-refractivity contribution in [2.24, 2.45) is 10.7 Å². The Labute approximate surface area is 141 Å². The topological polar surface area (TPSA) is 89.1 Å². The van der Waals surface area contributed by atoms with E-state index in [2.05, 4.69) is 10.3 Å². The van der Waals surface area contributed by atoms with Gasteiger partial charge in [0, 0.05) is 5.69 Å². The van der Waals surface area contributed by atoms with Crippen LogP contribution in [0.1, 0.15) is 19.4 Å². The van der Waals surface area contributed by atoms with Crippen molar-refractivity contribution in [3.8, 4) is 17.2 Å². The molecule has 128 valence electrons. The third kappa shape index (κ3) is 5.08. The summed E-state index contributed by atoms with van der Waals surface area (Å²) in [6, 6.07) is 12.6. The number of hydrogen-bond donors (Lipinski definition) is 3. The van der Waals surface area contributed by atoms with Gasteiger partial charge in [-0.05, 0) is 55.8 Å². The molecule has 6 heteroatoms. The summed E-state index contributed by atoms with van der Waals surface area (Å²) < 4.78 is 10.6. The molecule has 0 radical (unpaired) electrons. The predicted molar refractivity (Wildman–Crippen MR) is 95.8 cm³/mol. The van der Waals surface area contributed by atoms with Gasteiger partial charge in [0.15, 0.2) is 17.5 Å². The molecule has 0 aliphatic heterocycles. The molecule has 0 saturated carbocycles. The Morgan fingerprint density at radius 1 is 1.21 bits per heavy atom. The second-order valence-corrected chi connectivity index (χ2v) is 5.52. The smallest absolute Gasteiger partial charge is 0.193 e. The zero-order valence-corrected chi connectivity index (χ0v) is 14.1. The van der Waals surface area contributed by atoms with Crippen LogP contribution < -0.4 is 20.5 Å². The lowest BCUT2D eigenvalue weighted by molar-refractivity contribution is 0.242. The van der Waals surface area contributed by atoms with Crippen molar-refractivity contribution in [3.63, 3.8) is 0 Å². The summed E-state index contributed by atoms with van der Waals surface area (Å²) in [4.78, 5) is 4.26. The largest absolute Gasteiger partial charge is 0.504 e. The number of aliphatic imine (C=N–C) groups is 1. The number of nitrogens with one attached hydrogen (secondary N) is 1. The number of ether oxygens (including phenoxy) is 2. The fourth-order valence-corrected chi connectivity index (χ4v) is 2.09. The molecule has 2 aromatic rings. The highest BCUT2D eigenvalue weighted by atomic mass is 16.5. The second-order valence-electron chi connectivity index (χ2n) is 5.52. The highest BCUT2D eigenvalue weighted by Gasteiger charge is 2.03. The Kier molecular flexibility index (Phi) is 5.89. The molecular weight excluding hydrogens is 306 g/mol. The number of phenols is 1. The summed E-state index contributed by atoms with van der Waals surface area (Å²) in [6.07, 6.45) is 0.136. The first-order valence-corrected chi connectivity index (χ1v) is 7.67. The molecule has 2 rings (SSSR count). The summed E-state index contributed by atoms with van der Waals surface area (Å²) >= 11 is 0. The van der Waals surface area contributed by atoms with Crippen molar-refractivity contribution in [2.45, 2.75) is 26.5 Å². The molecule has 0 atom stereocenters. The molecular formula is C18H23N3O3. The molecule has 0 unspecified atom stereocenters. The van der Waals surface area contributed by atoms with Gasteiger partial charge in [-0.25, -0.2) is 4.99 Å². The van der Waals surface area contributed by atoms with Crippen LogP contribution >= 0.6 is 0 Å². The van der Waals surface area contributed by atoms with Gasteiger partial charge >= 0.3 is 0 Å². The molecule has 4 N–H and O–H groups in total. The fourth-order valence-electron chi connectivity index (χ4n) is 2.09. The maximum atomic E-state index is 9.75. The van der Waals surface area contributed by atoms with E-state index >= 15 is 0 Å². The van der Waals surface area contributed by atoms with Gasteiger partial charge in [-0.15, -0.1) is 0 Å². The third-order valence-corrected chi connectivity index (χ3v) is 3.17. The van der Waals surface area contributed by atoms with Gasteiger partial charge in [-0.1, -0.05) is 6.07 Å². The summed E-state index contributed by atoms with van der Waals surface area (Å²) in [5.74, 6) is 1.61. The van der Waals surface area contributed by atoms with Gasteiger partial charge in [-0.3, -0.25) is 0 Å². The van der Waals surface area contributed by atoms with E-state index in [-0.39, 0.29) is 11.9 Å². The second kappa shape index (κ2) is 8.10. The van der Waals surface area contributed by atoms with E-state index in [1.807, 2.05) is 44.2 Å². The van der Waals surface area contributed by atoms with E-state index < -0.39 is 0 Å². The predicted octanol–water partition coefficient (Wildman–Crippen LogP) is 3.11. The Morgan fingerprint density at radius 3 is 2.50 bits per heavy atom. The lowest BCUT2D eigenvalue weighted by atomic mass is 10.2. The Bertz CT molecular complexity index is 697. The van der Waals surface area contributed by atoms with Crippen LogP contribution in [0.2, 0.25) is 0 Å². The van der Waals surface area contributed by atoms with Gasteiger partial charge in [0.25, 0.3) is 0 Å². The quantitative estimate of drug-likeness (QED) is 0.560. The van der Waals surface area contributed by atoms with E-state index in [0.29, 0.717) is 18.3 Å². The van der Waals surface area contributed by atoms with Crippen molar-refractivity contribution in [3.05, 3.63) is 48.0 Å². The van der Waals surface area contributed by atoms with E-state index in [4.69, 9.17) is 15.2 Å². The third-order valence-electron chi connectivity index (χ3n) is 3.17. The number of aromatic hydroxyl groups is 1. The number of nitrogens with zero attached hydrogens (tertiary/aromatic N) is 1. The summed E-state index contributed by atoms with van der Waals surface area (Å²) in [5, 5.41) is 12.8. The van der Waals surface area contributed by atoms with Crippen molar-refractivity contribution in [1.82, 2.24) is 0 Å². The monoisotopic (exact) mass is 329 g/mol. The highest BCUT2D eigenvalue weighted by Crippen LogP contribution is 2.26. The van der Waals surface area contributed by atoms with Crippen LogP contribution in [0.5, 0.6) is 17.2 Å². The van der Waals surface area contributed by atoms with Gasteiger partial charge in [0.05, 0.1) is 19.8 Å². The molecule has 0 amide bonds. The van der Waals surface area contributed by atoms with Gasteiger partial charge < -0.3 is 25.6 Å². The average Bonchev–Trinajstić information content (AvgIpc) is 2.54. The van der Waals surface area contributed by atoms with Gasteiger partial charge in [0.1, 0.15) is 5.75 Å². The number of benzene rings is 2. The Morgan fingerprint density at radius 2 is 1.92 bits per heavy atom. The van der Waals surface area contributed by atoms with Crippen molar-refractivity contribution >= 4 is 11.6 Å². The minimum Gasteiger partial charge on any atom is -0.504 e. The van der Waals surface area contributed by atoms with E-state index in [9.17, 15) is 5.11 Å². The van der Waals surface area contributed by atoms with E-state index in [0.717, 1.165) is 17.0 Å². The first-order chi connectivity index (χ1) is 11.5. The molecule has 24 heavy (non-hydrogen) atoms. The average molecular weight is 329 g/mol. The van der Waals surface area contributed by atoms with Crippen molar-refractivity contribution in [2.75, 3.05) is 12.4 Å². The molecule has 0 saturated heterocycles. The summed E-state index contributed by atoms with van der Waals surface area (Å²) in [5.41, 5.74) is 7.54. The van der Waals surface area contributed by atoms with Crippen LogP contribution in [-0.4, -0.2) is 24.3 Å². The number of guanidine groups is 1. The van der Waals surface area contributed by atoms with E-state index in [1.165, 1.54) is 7.11 Å². The van der Waals surface area contributed by atoms with Crippen LogP contribution in [0, 0.1) is 0 Å². The van der Waals surface area contributed by atoms with E-state index in [1.54, 1.807) is 12.1 Å². The fraction of sp³-hybridized carbons (Fsp3) is 0.278. The molecule has 6 nitrogen and oxygen atoms in total. The summed E-state index contributed by atoms with van der Waals surface area (Å²) in [7, 11) is 1.51. The van der Waals surface area contributed by atoms with Crippen LogP contribution in [0.15, 0.2) is 47.5 Å². The minimum atomic E-state index is 0.0810. The standard InChI is InChI=1S/C18H23N3O3/c1-12(2)24-15-7-5-14(6-8-15)21-18(19)20-11-13-4-9-17(23-3)16(22)10-13/h4-10,12,22H,11H2,1-3H3,(H3,19,20,21). The van der Waals surface area contributed by atoms with Crippen LogP contribution in [-0.2, 0) is 6.54 Å². The Balaban J connectivity index is 1.95. The Hall–Kier alpha value is -2.89. The van der Waals surface area contributed by atoms with Crippen molar-refractivity contribution < 1.29 is 14.6 Å². The summed E-state index contributed by atoms with van der Waals surface area (Å²) in [6.45, 7) is 4.31. The number of anilines is 1. The molecule has 0 aliphatic rings. The van der Waals surface area contributed by atoms with Crippen LogP contribution in [0.25, 0.3) is 0 Å². The molecule has 0 fully saturated rings. The zero-order chi connectivity index (χ0) is 17.5. The normalized spacial score (nSPS) is 11.4. The zero-order valence-electron chi connectivity index (χ0n) is 14.1. The molecule has 0 aliphatic carbocycles. The molecule has 0 heterocycles. The van der Waals surface area contributed by atoms with Gasteiger partial charge in [0.2, 0.25) is 0 Å². The van der Waals surface area contributed by atoms with Gasteiger partial charge in [-0.2, -0.15) is 0 Å². The van der Waals surface area contributed by atoms with Crippen LogP contribution in [0.3, 0.4) is 0 Å². The molecule has 0 aromatic heterocycles. The molecule has 2 aromatic carbocycles. The maximum Gasteiger partial charge on any atom is 0.193 e. The lowest BCUT2D eigenvalue weighted by Crippen LogP contribution is -2.22. The number of hydrogen-bond acceptors (Lipinski definition) is 4. The number of nitrogens with two attached hydrogens (primary N) is 1. The van der Waals surface area contributed by atoms with Crippen LogP contribution in [0.4, 0.5) is 5.69 Å². The maximum absolute atomic E-state index is 9.75. The molecule has 0 bridgehead atoms. The first kappa shape index (κ1) is 17.5. The van der Waals surface area contributed by atoms with Crippen molar-refractivity contribution in [1.29, 1.82) is 0 Å². The highest BCUT2D eigenvalue weighted by molar-refractivity contribution is 5.92. The lowest BCUT2D eigenvalue weighted by Gasteiger charge is -2.11. The number of phenolic OH excluding ortho intramolecular Hbond substituents is 1. The SMILES string of the molecule is COc1ccc(CN=C(N)Nc2ccc(OC(C)C)cc2)cc1O.